The van der Waals surface area contributed by atoms with Gasteiger partial charge in [-0.15, -0.1) is 17.2 Å². The fourth-order valence-corrected chi connectivity index (χ4v) is 0.696. The van der Waals surface area contributed by atoms with E-state index in [0.29, 0.717) is 0 Å². The Morgan fingerprint density at radius 3 is 2.70 bits per heavy atom. The predicted octanol–water partition coefficient (Wildman–Crippen LogP) is 2.18. The Kier molecular flexibility index (Phi) is 5.51. The van der Waals surface area contributed by atoms with Crippen LogP contribution in [0.1, 0.15) is 17.9 Å². The predicted molar refractivity (Wildman–Crippen MR) is 37.3 cm³/mol. The van der Waals surface area contributed by atoms with Gasteiger partial charge in [0.2, 0.25) is 0 Å². The molecule has 0 fully saturated rings. The zero-order chi connectivity index (χ0) is 6.69. The van der Waals surface area contributed by atoms with E-state index in [4.69, 9.17) is 11.6 Å². The van der Waals surface area contributed by atoms with E-state index in [2.05, 4.69) is 11.2 Å². The number of nitrogens with zero attached hydrogens (tertiary/aromatic N) is 1. The molecule has 1 unspecified atom stereocenters. The summed E-state index contributed by atoms with van der Waals surface area (Å²) in [6, 6.07) is 3.67. The van der Waals surface area contributed by atoms with E-state index in [-0.39, 0.29) is 38.1 Å². The maximum absolute atomic E-state index is 5.75. The fourth-order valence-electron chi connectivity index (χ4n) is 0.567. The van der Waals surface area contributed by atoms with Gasteiger partial charge in [0.1, 0.15) is 0 Å². The van der Waals surface area contributed by atoms with Crippen molar-refractivity contribution >= 4 is 11.6 Å². The zero-order valence-electron chi connectivity index (χ0n) is 5.71. The number of rotatable bonds is 1. The Morgan fingerprint density at radius 2 is 2.40 bits per heavy atom. The molecule has 1 rings (SSSR count). The minimum Gasteiger partial charge on any atom is -0.394 e. The topological polar surface area (TPSA) is 12.9 Å². The van der Waals surface area contributed by atoms with Crippen LogP contribution in [0.15, 0.2) is 18.3 Å². The Bertz CT molecular complexity index is 176. The van der Waals surface area contributed by atoms with Crippen molar-refractivity contribution in [2.24, 2.45) is 0 Å². The third-order valence-electron chi connectivity index (χ3n) is 1.10. The number of hydrogen-bond acceptors (Lipinski definition) is 1. The monoisotopic (exact) mass is 229 g/mol. The SMILES string of the molecule is CC(Cl)c1cc[c-]nc1.[Y]. The van der Waals surface area contributed by atoms with E-state index in [9.17, 15) is 0 Å². The third-order valence-corrected chi connectivity index (χ3v) is 1.35. The molecule has 1 nitrogen and oxygen atoms in total. The molecule has 0 saturated carbocycles. The van der Waals surface area contributed by atoms with Gasteiger partial charge in [-0.2, -0.15) is 12.1 Å². The molecule has 1 aromatic rings. The summed E-state index contributed by atoms with van der Waals surface area (Å²) in [6.07, 6.45) is 4.40. The summed E-state index contributed by atoms with van der Waals surface area (Å²) >= 11 is 5.75. The van der Waals surface area contributed by atoms with Crippen molar-refractivity contribution in [3.63, 3.8) is 0 Å². The van der Waals surface area contributed by atoms with Crippen LogP contribution in [0.2, 0.25) is 0 Å². The fraction of sp³-hybridized carbons (Fsp3) is 0.286. The zero-order valence-corrected chi connectivity index (χ0v) is 9.31. The van der Waals surface area contributed by atoms with Gasteiger partial charge in [-0.05, 0) is 6.92 Å². The van der Waals surface area contributed by atoms with E-state index in [1.807, 2.05) is 13.0 Å². The van der Waals surface area contributed by atoms with Crippen LogP contribution in [0.4, 0.5) is 0 Å². The molecule has 0 aliphatic carbocycles. The van der Waals surface area contributed by atoms with Gasteiger partial charge in [-0.1, -0.05) is 12.4 Å². The van der Waals surface area contributed by atoms with Gasteiger partial charge in [0.05, 0.1) is 0 Å². The smallest absolute Gasteiger partial charge is 0.0351 e. The second-order valence-corrected chi connectivity index (χ2v) is 2.49. The third kappa shape index (κ3) is 3.09. The summed E-state index contributed by atoms with van der Waals surface area (Å²) in [5, 5.41) is 0.0482. The second-order valence-electron chi connectivity index (χ2n) is 1.84. The molecule has 0 bridgehead atoms. The van der Waals surface area contributed by atoms with Gasteiger partial charge >= 0.3 is 0 Å². The van der Waals surface area contributed by atoms with E-state index >= 15 is 0 Å². The molecule has 51 valence electrons. The average molecular weight is 229 g/mol. The van der Waals surface area contributed by atoms with Crippen LogP contribution in [0.3, 0.4) is 0 Å². The number of halogens is 1. The van der Waals surface area contributed by atoms with Crippen LogP contribution in [-0.4, -0.2) is 4.98 Å². The molecule has 0 amide bonds. The summed E-state index contributed by atoms with van der Waals surface area (Å²) in [4.78, 5) is 3.80. The summed E-state index contributed by atoms with van der Waals surface area (Å²) in [5.74, 6) is 0. The molecular weight excluding hydrogens is 222 g/mol. The van der Waals surface area contributed by atoms with Crippen molar-refractivity contribution in [2.75, 3.05) is 0 Å². The van der Waals surface area contributed by atoms with Crippen molar-refractivity contribution in [3.05, 3.63) is 30.1 Å². The van der Waals surface area contributed by atoms with Gasteiger partial charge < -0.3 is 4.98 Å². The van der Waals surface area contributed by atoms with Crippen LogP contribution in [0.25, 0.3) is 0 Å². The molecule has 0 aliphatic rings. The van der Waals surface area contributed by atoms with Crippen molar-refractivity contribution in [2.45, 2.75) is 12.3 Å². The molecule has 1 heterocycles. The Labute approximate surface area is 91.1 Å². The molecule has 0 saturated heterocycles. The molecule has 3 heteroatoms. The molecule has 1 atom stereocenters. The molecule has 0 aliphatic heterocycles. The van der Waals surface area contributed by atoms with Gasteiger partial charge in [-0.25, -0.2) is 0 Å². The van der Waals surface area contributed by atoms with Gasteiger partial charge in [0.25, 0.3) is 0 Å². The van der Waals surface area contributed by atoms with Gasteiger partial charge in [-0.3, -0.25) is 0 Å². The van der Waals surface area contributed by atoms with Gasteiger partial charge in [0, 0.05) is 38.1 Å². The van der Waals surface area contributed by atoms with Crippen molar-refractivity contribution in [1.29, 1.82) is 0 Å². The van der Waals surface area contributed by atoms with Crippen LogP contribution in [0, 0.1) is 6.20 Å². The molecule has 1 radical (unpaired) electrons. The first-order chi connectivity index (χ1) is 4.30. The van der Waals surface area contributed by atoms with Crippen molar-refractivity contribution < 1.29 is 32.7 Å². The average Bonchev–Trinajstić information content (AvgIpc) is 1.90. The van der Waals surface area contributed by atoms with Gasteiger partial charge in [0.15, 0.2) is 0 Å². The summed E-state index contributed by atoms with van der Waals surface area (Å²) < 4.78 is 0. The Balaban J connectivity index is 0.000000810. The standard InChI is InChI=1S/C7H7ClN.Y/c1-6(8)7-3-2-4-9-5-7;/h2-3,5-6H,1H3;/q-1;. The van der Waals surface area contributed by atoms with Crippen LogP contribution < -0.4 is 0 Å². The summed E-state index contributed by atoms with van der Waals surface area (Å²) in [5.41, 5.74) is 1.04. The van der Waals surface area contributed by atoms with Crippen LogP contribution >= 0.6 is 11.6 Å². The van der Waals surface area contributed by atoms with E-state index < -0.39 is 0 Å². The van der Waals surface area contributed by atoms with Crippen LogP contribution in [0.5, 0.6) is 0 Å². The maximum atomic E-state index is 5.75. The maximum Gasteiger partial charge on any atom is 0.0351 e. The quantitative estimate of drug-likeness (QED) is 0.531. The molecule has 10 heavy (non-hydrogen) atoms. The van der Waals surface area contributed by atoms with Crippen LogP contribution in [-0.2, 0) is 32.7 Å². The molecule has 0 N–H and O–H groups in total. The Hall–Kier alpha value is 0.544. The van der Waals surface area contributed by atoms with Crippen molar-refractivity contribution in [3.8, 4) is 0 Å². The van der Waals surface area contributed by atoms with E-state index in [1.165, 1.54) is 0 Å². The second kappa shape index (κ2) is 5.23. The van der Waals surface area contributed by atoms with E-state index in [0.717, 1.165) is 5.56 Å². The largest absolute Gasteiger partial charge is 0.394 e. The summed E-state index contributed by atoms with van der Waals surface area (Å²) in [7, 11) is 0. The molecule has 0 spiro atoms. The minimum atomic E-state index is 0. The minimum absolute atomic E-state index is 0. The molecular formula is C7H7ClNY-. The number of aromatic nitrogens is 1. The molecule has 0 aromatic carbocycles. The number of hydrogen-bond donors (Lipinski definition) is 0. The Morgan fingerprint density at radius 1 is 1.70 bits per heavy atom. The number of pyridine rings is 1. The number of alkyl halides is 1. The normalized spacial score (nSPS) is 11.8. The van der Waals surface area contributed by atoms with E-state index in [1.54, 1.807) is 12.3 Å². The first-order valence-electron chi connectivity index (χ1n) is 2.77. The van der Waals surface area contributed by atoms with Crippen molar-refractivity contribution in [1.82, 2.24) is 4.98 Å². The first-order valence-corrected chi connectivity index (χ1v) is 3.20. The summed E-state index contributed by atoms with van der Waals surface area (Å²) in [6.45, 7) is 1.92. The molecule has 1 aromatic heterocycles. The first kappa shape index (κ1) is 10.5.